The molecule has 0 radical (unpaired) electrons. The van der Waals surface area contributed by atoms with E-state index in [-0.39, 0.29) is 0 Å². The van der Waals surface area contributed by atoms with Gasteiger partial charge >= 0.3 is 0 Å². The number of hydrogen-bond donors (Lipinski definition) is 0. The number of nitriles is 1. The van der Waals surface area contributed by atoms with Crippen LogP contribution in [0.3, 0.4) is 0 Å². The lowest BCUT2D eigenvalue weighted by atomic mass is 9.76. The molecule has 2 heteroatoms. The van der Waals surface area contributed by atoms with Crippen LogP contribution in [0.4, 0.5) is 0 Å². The first-order valence-electron chi connectivity index (χ1n) is 7.45. The molecule has 0 aromatic heterocycles. The summed E-state index contributed by atoms with van der Waals surface area (Å²) in [5.74, 6) is 1.17. The molecule has 3 unspecified atom stereocenters. The molecular weight excluding hydrogens is 208 g/mol. The van der Waals surface area contributed by atoms with Crippen LogP contribution in [0.5, 0.6) is 0 Å². The second-order valence-corrected chi connectivity index (χ2v) is 5.83. The van der Waals surface area contributed by atoms with Crippen molar-refractivity contribution < 1.29 is 0 Å². The van der Waals surface area contributed by atoms with E-state index in [0.717, 1.165) is 24.9 Å². The molecule has 0 aromatic rings. The van der Waals surface area contributed by atoms with Crippen LogP contribution in [-0.2, 0) is 0 Å². The highest BCUT2D eigenvalue weighted by Gasteiger charge is 2.39. The Kier molecular flexibility index (Phi) is 4.45. The first kappa shape index (κ1) is 12.9. The second kappa shape index (κ2) is 5.87. The molecule has 2 rings (SSSR count). The molecule has 2 saturated carbocycles. The topological polar surface area (TPSA) is 27.0 Å². The Morgan fingerprint density at radius 2 is 1.94 bits per heavy atom. The summed E-state index contributed by atoms with van der Waals surface area (Å²) in [5, 5.41) is 9.35. The molecule has 2 nitrogen and oxygen atoms in total. The van der Waals surface area contributed by atoms with Crippen molar-refractivity contribution in [3.63, 3.8) is 0 Å². The van der Waals surface area contributed by atoms with Gasteiger partial charge in [0.2, 0.25) is 0 Å². The van der Waals surface area contributed by atoms with Gasteiger partial charge in [-0.1, -0.05) is 26.7 Å². The largest absolute Gasteiger partial charge is 0.296 e. The molecule has 0 amide bonds. The molecular formula is C15H26N2. The van der Waals surface area contributed by atoms with Crippen molar-refractivity contribution in [1.29, 1.82) is 5.26 Å². The van der Waals surface area contributed by atoms with Crippen molar-refractivity contribution in [2.24, 2.45) is 11.8 Å². The molecule has 2 aliphatic rings. The van der Waals surface area contributed by atoms with E-state index in [1.54, 1.807) is 0 Å². The number of hydrogen-bond acceptors (Lipinski definition) is 2. The Bertz CT molecular complexity index is 277. The SMILES string of the molecule is CCCC1CCC(C#N)C(N(CC)C2CC2)C1. The molecule has 0 saturated heterocycles. The fourth-order valence-electron chi connectivity index (χ4n) is 3.59. The Morgan fingerprint density at radius 1 is 1.18 bits per heavy atom. The van der Waals surface area contributed by atoms with Gasteiger partial charge in [-0.15, -0.1) is 0 Å². The fourth-order valence-corrected chi connectivity index (χ4v) is 3.59. The first-order chi connectivity index (χ1) is 8.30. The molecule has 0 aromatic carbocycles. The van der Waals surface area contributed by atoms with Gasteiger partial charge in [-0.2, -0.15) is 5.26 Å². The highest BCUT2D eigenvalue weighted by Crippen LogP contribution is 2.39. The molecule has 0 bridgehead atoms. The number of nitrogens with zero attached hydrogens (tertiary/aromatic N) is 2. The van der Waals surface area contributed by atoms with Gasteiger partial charge in [-0.05, 0) is 44.6 Å². The minimum absolute atomic E-state index is 0.295. The van der Waals surface area contributed by atoms with Gasteiger partial charge in [0.25, 0.3) is 0 Å². The molecule has 17 heavy (non-hydrogen) atoms. The van der Waals surface area contributed by atoms with E-state index < -0.39 is 0 Å². The van der Waals surface area contributed by atoms with Gasteiger partial charge in [0.1, 0.15) is 0 Å². The average Bonchev–Trinajstić information content (AvgIpc) is 3.15. The van der Waals surface area contributed by atoms with E-state index in [0.29, 0.717) is 12.0 Å². The number of rotatable bonds is 5. The van der Waals surface area contributed by atoms with E-state index in [1.807, 2.05) is 0 Å². The summed E-state index contributed by atoms with van der Waals surface area (Å²) in [6.45, 7) is 5.67. The zero-order chi connectivity index (χ0) is 12.3. The van der Waals surface area contributed by atoms with Gasteiger partial charge in [0.15, 0.2) is 0 Å². The maximum Gasteiger partial charge on any atom is 0.0672 e. The third-order valence-electron chi connectivity index (χ3n) is 4.59. The zero-order valence-electron chi connectivity index (χ0n) is 11.4. The van der Waals surface area contributed by atoms with Gasteiger partial charge < -0.3 is 0 Å². The highest BCUT2D eigenvalue weighted by atomic mass is 15.2. The van der Waals surface area contributed by atoms with Crippen LogP contribution in [0.2, 0.25) is 0 Å². The predicted molar refractivity (Wildman–Crippen MR) is 70.5 cm³/mol. The molecule has 3 atom stereocenters. The van der Waals surface area contributed by atoms with Crippen LogP contribution >= 0.6 is 0 Å². The summed E-state index contributed by atoms with van der Waals surface area (Å²) >= 11 is 0. The van der Waals surface area contributed by atoms with E-state index in [9.17, 15) is 5.26 Å². The van der Waals surface area contributed by atoms with Crippen LogP contribution < -0.4 is 0 Å². The first-order valence-corrected chi connectivity index (χ1v) is 7.45. The van der Waals surface area contributed by atoms with Crippen molar-refractivity contribution in [3.05, 3.63) is 0 Å². The molecule has 96 valence electrons. The predicted octanol–water partition coefficient (Wildman–Crippen LogP) is 3.58. The molecule has 0 spiro atoms. The zero-order valence-corrected chi connectivity index (χ0v) is 11.4. The van der Waals surface area contributed by atoms with Gasteiger partial charge in [0, 0.05) is 12.1 Å². The van der Waals surface area contributed by atoms with Crippen molar-refractivity contribution in [2.75, 3.05) is 6.54 Å². The minimum Gasteiger partial charge on any atom is -0.296 e. The van der Waals surface area contributed by atoms with Gasteiger partial charge in [-0.3, -0.25) is 4.90 Å². The van der Waals surface area contributed by atoms with Crippen LogP contribution in [0.15, 0.2) is 0 Å². The Hall–Kier alpha value is -0.550. The van der Waals surface area contributed by atoms with Crippen molar-refractivity contribution in [1.82, 2.24) is 4.90 Å². The maximum absolute atomic E-state index is 9.35. The lowest BCUT2D eigenvalue weighted by Crippen LogP contribution is -2.45. The average molecular weight is 234 g/mol. The summed E-state index contributed by atoms with van der Waals surface area (Å²) in [6, 6.07) is 3.94. The van der Waals surface area contributed by atoms with Crippen molar-refractivity contribution in [3.8, 4) is 6.07 Å². The van der Waals surface area contributed by atoms with Gasteiger partial charge in [-0.25, -0.2) is 0 Å². The summed E-state index contributed by atoms with van der Waals surface area (Å²) < 4.78 is 0. The minimum atomic E-state index is 0.295. The lowest BCUT2D eigenvalue weighted by Gasteiger charge is -2.40. The Labute approximate surface area is 106 Å². The van der Waals surface area contributed by atoms with E-state index in [4.69, 9.17) is 0 Å². The Morgan fingerprint density at radius 3 is 2.47 bits per heavy atom. The normalized spacial score (nSPS) is 33.6. The van der Waals surface area contributed by atoms with Crippen LogP contribution in [0, 0.1) is 23.2 Å². The van der Waals surface area contributed by atoms with Crippen molar-refractivity contribution in [2.45, 2.75) is 70.9 Å². The summed E-state index contributed by atoms with van der Waals surface area (Å²) in [7, 11) is 0. The van der Waals surface area contributed by atoms with Gasteiger partial charge in [0.05, 0.1) is 12.0 Å². The smallest absolute Gasteiger partial charge is 0.0672 e. The fraction of sp³-hybridized carbons (Fsp3) is 0.933. The van der Waals surface area contributed by atoms with Crippen LogP contribution in [0.1, 0.15) is 58.8 Å². The molecule has 2 aliphatic carbocycles. The van der Waals surface area contributed by atoms with Crippen LogP contribution in [-0.4, -0.2) is 23.5 Å². The van der Waals surface area contributed by atoms with E-state index in [2.05, 4.69) is 24.8 Å². The monoisotopic (exact) mass is 234 g/mol. The third-order valence-corrected chi connectivity index (χ3v) is 4.59. The summed E-state index contributed by atoms with van der Waals surface area (Å²) in [4.78, 5) is 2.63. The second-order valence-electron chi connectivity index (χ2n) is 5.83. The molecule has 2 fully saturated rings. The lowest BCUT2D eigenvalue weighted by molar-refractivity contribution is 0.0958. The standard InChI is InChI=1S/C15H26N2/c1-3-5-12-6-7-13(11-16)15(10-12)17(4-2)14-8-9-14/h12-15H,3-10H2,1-2H3. The van der Waals surface area contributed by atoms with E-state index >= 15 is 0 Å². The third kappa shape index (κ3) is 3.01. The quantitative estimate of drug-likeness (QED) is 0.727. The Balaban J connectivity index is 2.00. The van der Waals surface area contributed by atoms with Crippen molar-refractivity contribution >= 4 is 0 Å². The summed E-state index contributed by atoms with van der Waals surface area (Å²) in [5.41, 5.74) is 0. The summed E-state index contributed by atoms with van der Waals surface area (Å²) in [6.07, 6.45) is 9.07. The maximum atomic E-state index is 9.35. The molecule has 0 heterocycles. The van der Waals surface area contributed by atoms with E-state index in [1.165, 1.54) is 38.5 Å². The highest BCUT2D eigenvalue weighted by molar-refractivity contribution is 5.00. The molecule has 0 N–H and O–H groups in total. The van der Waals surface area contributed by atoms with Crippen LogP contribution in [0.25, 0.3) is 0 Å². The molecule has 0 aliphatic heterocycles.